The Kier molecular flexibility index (Phi) is 3.71. The Balaban J connectivity index is 1.88. The molecule has 1 aliphatic heterocycles. The maximum Gasteiger partial charge on any atom is 0.265 e. The number of ether oxygens (including phenoxy) is 1. The molecule has 4 unspecified atom stereocenters. The highest BCUT2D eigenvalue weighted by Gasteiger charge is 2.57. The van der Waals surface area contributed by atoms with Crippen molar-refractivity contribution in [1.82, 2.24) is 5.32 Å². The van der Waals surface area contributed by atoms with Gasteiger partial charge in [0.1, 0.15) is 6.10 Å². The summed E-state index contributed by atoms with van der Waals surface area (Å²) in [4.78, 5) is 0. The number of rotatable bonds is 4. The average Bonchev–Trinajstić information content (AvgIpc) is 2.28. The van der Waals surface area contributed by atoms with Gasteiger partial charge in [0.15, 0.2) is 0 Å². The van der Waals surface area contributed by atoms with E-state index >= 15 is 0 Å². The zero-order valence-electron chi connectivity index (χ0n) is 10.3. The zero-order chi connectivity index (χ0) is 12.6. The van der Waals surface area contributed by atoms with Crippen LogP contribution in [0.15, 0.2) is 0 Å². The number of halogens is 2. The fourth-order valence-electron chi connectivity index (χ4n) is 3.27. The highest BCUT2D eigenvalue weighted by Crippen LogP contribution is 2.51. The molecule has 1 aliphatic carbocycles. The predicted molar refractivity (Wildman–Crippen MR) is 60.0 cm³/mol. The van der Waals surface area contributed by atoms with E-state index in [-0.39, 0.29) is 24.1 Å². The molecular formula is C12H21F2NO2. The first-order valence-corrected chi connectivity index (χ1v) is 6.26. The number of hydrogen-bond acceptors (Lipinski definition) is 3. The largest absolute Gasteiger partial charge is 0.386 e. The Hall–Kier alpha value is -0.260. The number of aliphatic hydroxyl groups excluding tert-OH is 1. The van der Waals surface area contributed by atoms with Crippen molar-refractivity contribution >= 4 is 0 Å². The highest BCUT2D eigenvalue weighted by molar-refractivity contribution is 5.10. The second-order valence-electron chi connectivity index (χ2n) is 5.71. The van der Waals surface area contributed by atoms with E-state index in [1.165, 1.54) is 0 Å². The van der Waals surface area contributed by atoms with Gasteiger partial charge >= 0.3 is 0 Å². The molecule has 0 aromatic carbocycles. The van der Waals surface area contributed by atoms with Crippen molar-refractivity contribution in [3.05, 3.63) is 0 Å². The van der Waals surface area contributed by atoms with Gasteiger partial charge in [-0.05, 0) is 12.8 Å². The SMILES string of the molecule is CC1(C)C(NCC(O)C(F)F)C2CCCOC21. The molecule has 0 amide bonds. The van der Waals surface area contributed by atoms with Gasteiger partial charge in [-0.15, -0.1) is 0 Å². The minimum Gasteiger partial charge on any atom is -0.386 e. The topological polar surface area (TPSA) is 41.5 Å². The van der Waals surface area contributed by atoms with E-state index in [1.54, 1.807) is 0 Å². The van der Waals surface area contributed by atoms with Crippen LogP contribution in [0.1, 0.15) is 26.7 Å². The Morgan fingerprint density at radius 1 is 1.47 bits per heavy atom. The summed E-state index contributed by atoms with van der Waals surface area (Å²) < 4.78 is 30.1. The minimum atomic E-state index is -2.68. The standard InChI is InChI=1S/C12H21F2NO2/c1-12(2)9(15-6-8(16)11(13)14)7-4-3-5-17-10(7)12/h7-11,15-16H,3-6H2,1-2H3. The van der Waals surface area contributed by atoms with Gasteiger partial charge in [-0.1, -0.05) is 13.8 Å². The molecule has 0 bridgehead atoms. The van der Waals surface area contributed by atoms with E-state index in [2.05, 4.69) is 19.2 Å². The van der Waals surface area contributed by atoms with Crippen LogP contribution >= 0.6 is 0 Å². The van der Waals surface area contributed by atoms with Gasteiger partial charge in [-0.3, -0.25) is 0 Å². The number of fused-ring (bicyclic) bond motifs is 1. The molecule has 2 rings (SSSR count). The van der Waals surface area contributed by atoms with Gasteiger partial charge in [-0.2, -0.15) is 0 Å². The quantitative estimate of drug-likeness (QED) is 0.791. The second kappa shape index (κ2) is 4.78. The Labute approximate surface area is 101 Å². The smallest absolute Gasteiger partial charge is 0.265 e. The third kappa shape index (κ3) is 2.33. The van der Waals surface area contributed by atoms with E-state index in [0.29, 0.717) is 5.92 Å². The molecule has 0 spiro atoms. The molecule has 5 heteroatoms. The van der Waals surface area contributed by atoms with Crippen molar-refractivity contribution in [3.63, 3.8) is 0 Å². The van der Waals surface area contributed by atoms with Gasteiger partial charge in [0.05, 0.1) is 6.10 Å². The van der Waals surface area contributed by atoms with Crippen LogP contribution in [0.25, 0.3) is 0 Å². The number of hydrogen-bond donors (Lipinski definition) is 2. The van der Waals surface area contributed by atoms with E-state index in [1.807, 2.05) is 0 Å². The van der Waals surface area contributed by atoms with E-state index < -0.39 is 12.5 Å². The molecule has 0 radical (unpaired) electrons. The summed E-state index contributed by atoms with van der Waals surface area (Å²) in [6, 6.07) is 0.168. The van der Waals surface area contributed by atoms with Crippen LogP contribution < -0.4 is 5.32 Å². The van der Waals surface area contributed by atoms with Crippen LogP contribution in [-0.4, -0.2) is 42.9 Å². The Bertz CT molecular complexity index is 273. The van der Waals surface area contributed by atoms with Crippen molar-refractivity contribution in [1.29, 1.82) is 0 Å². The van der Waals surface area contributed by atoms with Gasteiger partial charge in [0.2, 0.25) is 0 Å². The van der Waals surface area contributed by atoms with Gasteiger partial charge in [0.25, 0.3) is 6.43 Å². The van der Waals surface area contributed by atoms with Crippen LogP contribution in [0.2, 0.25) is 0 Å². The Morgan fingerprint density at radius 3 is 2.82 bits per heavy atom. The minimum absolute atomic E-state index is 0.0348. The van der Waals surface area contributed by atoms with E-state index in [0.717, 1.165) is 19.4 Å². The van der Waals surface area contributed by atoms with Crippen molar-refractivity contribution in [3.8, 4) is 0 Å². The molecule has 2 fully saturated rings. The first kappa shape index (κ1) is 13.2. The van der Waals surface area contributed by atoms with Crippen LogP contribution in [-0.2, 0) is 4.74 Å². The summed E-state index contributed by atoms with van der Waals surface area (Å²) in [5, 5.41) is 12.2. The number of alkyl halides is 2. The molecule has 0 aromatic rings. The lowest BCUT2D eigenvalue weighted by molar-refractivity contribution is -0.194. The molecule has 1 saturated carbocycles. The van der Waals surface area contributed by atoms with Gasteiger partial charge in [0, 0.05) is 30.5 Å². The summed E-state index contributed by atoms with van der Waals surface area (Å²) in [5.41, 5.74) is -0.0348. The molecule has 3 nitrogen and oxygen atoms in total. The van der Waals surface area contributed by atoms with E-state index in [9.17, 15) is 8.78 Å². The van der Waals surface area contributed by atoms with Crippen molar-refractivity contribution < 1.29 is 18.6 Å². The third-order valence-electron chi connectivity index (χ3n) is 4.17. The second-order valence-corrected chi connectivity index (χ2v) is 5.71. The van der Waals surface area contributed by atoms with Crippen molar-refractivity contribution in [2.45, 2.75) is 51.4 Å². The monoisotopic (exact) mass is 249 g/mol. The molecule has 1 saturated heterocycles. The first-order valence-electron chi connectivity index (χ1n) is 6.26. The molecule has 4 atom stereocenters. The molecule has 2 N–H and O–H groups in total. The first-order chi connectivity index (χ1) is 7.94. The molecule has 100 valence electrons. The molecule has 2 aliphatic rings. The van der Waals surface area contributed by atoms with Crippen LogP contribution in [0.4, 0.5) is 8.78 Å². The predicted octanol–water partition coefficient (Wildman–Crippen LogP) is 1.41. The molecule has 0 aromatic heterocycles. The molecule has 17 heavy (non-hydrogen) atoms. The number of nitrogens with one attached hydrogen (secondary N) is 1. The van der Waals surface area contributed by atoms with Gasteiger partial charge < -0.3 is 15.2 Å². The van der Waals surface area contributed by atoms with Gasteiger partial charge in [-0.25, -0.2) is 8.78 Å². The Morgan fingerprint density at radius 2 is 2.18 bits per heavy atom. The fourth-order valence-corrected chi connectivity index (χ4v) is 3.27. The summed E-state index contributed by atoms with van der Waals surface area (Å²) in [7, 11) is 0. The summed E-state index contributed by atoms with van der Waals surface area (Å²) in [6.45, 7) is 4.93. The summed E-state index contributed by atoms with van der Waals surface area (Å²) in [6.07, 6.45) is -1.90. The van der Waals surface area contributed by atoms with Crippen LogP contribution in [0.3, 0.4) is 0 Å². The number of aliphatic hydroxyl groups is 1. The van der Waals surface area contributed by atoms with Crippen LogP contribution in [0, 0.1) is 11.3 Å². The van der Waals surface area contributed by atoms with Crippen molar-refractivity contribution in [2.75, 3.05) is 13.2 Å². The lowest BCUT2D eigenvalue weighted by Crippen LogP contribution is -2.70. The van der Waals surface area contributed by atoms with E-state index in [4.69, 9.17) is 9.84 Å². The molecular weight excluding hydrogens is 228 g/mol. The lowest BCUT2D eigenvalue weighted by atomic mass is 9.55. The summed E-state index contributed by atoms with van der Waals surface area (Å²) >= 11 is 0. The zero-order valence-corrected chi connectivity index (χ0v) is 10.3. The average molecular weight is 249 g/mol. The lowest BCUT2D eigenvalue weighted by Gasteiger charge is -2.60. The maximum atomic E-state index is 12.2. The normalized spacial score (nSPS) is 37.4. The van der Waals surface area contributed by atoms with Crippen LogP contribution in [0.5, 0.6) is 0 Å². The summed E-state index contributed by atoms with van der Waals surface area (Å²) in [5.74, 6) is 0.406. The third-order valence-corrected chi connectivity index (χ3v) is 4.17. The van der Waals surface area contributed by atoms with Crippen molar-refractivity contribution in [2.24, 2.45) is 11.3 Å². The molecule has 1 heterocycles. The fraction of sp³-hybridized carbons (Fsp3) is 1.00. The maximum absolute atomic E-state index is 12.2. The highest BCUT2D eigenvalue weighted by atomic mass is 19.3.